The lowest BCUT2D eigenvalue weighted by molar-refractivity contribution is 0.153. The van der Waals surface area contributed by atoms with Gasteiger partial charge in [-0.15, -0.1) is 11.3 Å². The van der Waals surface area contributed by atoms with Crippen LogP contribution in [0.25, 0.3) is 0 Å². The Morgan fingerprint density at radius 3 is 2.33 bits per heavy atom. The summed E-state index contributed by atoms with van der Waals surface area (Å²) in [6.07, 6.45) is -2.43. The van der Waals surface area contributed by atoms with Crippen LogP contribution in [0.1, 0.15) is 12.0 Å². The fraction of sp³-hybridized carbons (Fsp3) is 0.200. The van der Waals surface area contributed by atoms with Crippen LogP contribution in [0.4, 0.5) is 14.5 Å². The van der Waals surface area contributed by atoms with E-state index in [1.165, 1.54) is 22.1 Å². The summed E-state index contributed by atoms with van der Waals surface area (Å²) in [6, 6.07) is 0. The van der Waals surface area contributed by atoms with Crippen LogP contribution in [0.2, 0.25) is 0 Å². The molecule has 0 aliphatic rings. The van der Waals surface area contributed by atoms with Crippen molar-refractivity contribution in [2.75, 3.05) is 5.73 Å². The molecule has 0 atom stereocenters. The van der Waals surface area contributed by atoms with Gasteiger partial charge in [0.1, 0.15) is 0 Å². The SMILES string of the molecule is Nc1cscc1C(F)F. The van der Waals surface area contributed by atoms with Gasteiger partial charge in [-0.3, -0.25) is 0 Å². The zero-order valence-electron chi connectivity index (χ0n) is 4.47. The molecule has 0 unspecified atom stereocenters. The molecule has 1 heterocycles. The molecule has 0 amide bonds. The van der Waals surface area contributed by atoms with Gasteiger partial charge in [0.2, 0.25) is 0 Å². The van der Waals surface area contributed by atoms with Crippen molar-refractivity contribution in [2.24, 2.45) is 0 Å². The first-order chi connectivity index (χ1) is 4.22. The number of alkyl halides is 2. The summed E-state index contributed by atoms with van der Waals surface area (Å²) in [5, 5.41) is 2.86. The second kappa shape index (κ2) is 2.31. The van der Waals surface area contributed by atoms with E-state index >= 15 is 0 Å². The van der Waals surface area contributed by atoms with Crippen LogP contribution in [0.3, 0.4) is 0 Å². The van der Waals surface area contributed by atoms with Gasteiger partial charge in [0.05, 0.1) is 11.3 Å². The molecule has 9 heavy (non-hydrogen) atoms. The predicted octanol–water partition coefficient (Wildman–Crippen LogP) is 2.27. The van der Waals surface area contributed by atoms with Crippen molar-refractivity contribution in [3.63, 3.8) is 0 Å². The highest BCUT2D eigenvalue weighted by atomic mass is 32.1. The largest absolute Gasteiger partial charge is 0.398 e. The van der Waals surface area contributed by atoms with Gasteiger partial charge < -0.3 is 5.73 Å². The minimum Gasteiger partial charge on any atom is -0.398 e. The predicted molar refractivity (Wildman–Crippen MR) is 33.7 cm³/mol. The molecule has 1 nitrogen and oxygen atoms in total. The lowest BCUT2D eigenvalue weighted by atomic mass is 10.3. The second-order valence-electron chi connectivity index (χ2n) is 1.58. The molecule has 2 N–H and O–H groups in total. The lowest BCUT2D eigenvalue weighted by Crippen LogP contribution is -1.88. The Balaban J connectivity index is 2.94. The Kier molecular flexibility index (Phi) is 1.66. The monoisotopic (exact) mass is 149 g/mol. The molecule has 0 spiro atoms. The molecule has 0 aromatic carbocycles. The number of nitrogen functional groups attached to an aromatic ring is 1. The maximum absolute atomic E-state index is 11.8. The summed E-state index contributed by atoms with van der Waals surface area (Å²) in [5.74, 6) is 0. The van der Waals surface area contributed by atoms with Gasteiger partial charge in [0, 0.05) is 10.8 Å². The fourth-order valence-electron chi connectivity index (χ4n) is 0.494. The van der Waals surface area contributed by atoms with Gasteiger partial charge in [-0.2, -0.15) is 0 Å². The number of thiophene rings is 1. The fourth-order valence-corrected chi connectivity index (χ4v) is 1.23. The normalized spacial score (nSPS) is 10.6. The molecule has 1 rings (SSSR count). The van der Waals surface area contributed by atoms with E-state index in [4.69, 9.17) is 5.73 Å². The van der Waals surface area contributed by atoms with Crippen LogP contribution in [0.5, 0.6) is 0 Å². The van der Waals surface area contributed by atoms with E-state index < -0.39 is 6.43 Å². The number of nitrogens with two attached hydrogens (primary N) is 1. The Hall–Kier alpha value is -0.640. The minimum absolute atomic E-state index is 0.0556. The quantitative estimate of drug-likeness (QED) is 0.651. The number of anilines is 1. The first-order valence-corrected chi connectivity index (χ1v) is 3.26. The molecule has 0 saturated carbocycles. The van der Waals surface area contributed by atoms with Gasteiger partial charge in [0.25, 0.3) is 6.43 Å². The molecule has 50 valence electrons. The third-order valence-corrected chi connectivity index (χ3v) is 1.74. The Morgan fingerprint density at radius 2 is 2.11 bits per heavy atom. The van der Waals surface area contributed by atoms with Crippen LogP contribution in [-0.4, -0.2) is 0 Å². The van der Waals surface area contributed by atoms with Crippen molar-refractivity contribution in [1.29, 1.82) is 0 Å². The highest BCUT2D eigenvalue weighted by molar-refractivity contribution is 7.08. The van der Waals surface area contributed by atoms with E-state index in [1.54, 1.807) is 0 Å². The van der Waals surface area contributed by atoms with Gasteiger partial charge >= 0.3 is 0 Å². The highest BCUT2D eigenvalue weighted by Gasteiger charge is 2.10. The van der Waals surface area contributed by atoms with Crippen LogP contribution < -0.4 is 5.73 Å². The molecule has 0 saturated heterocycles. The Bertz CT molecular complexity index is 197. The van der Waals surface area contributed by atoms with Crippen molar-refractivity contribution in [1.82, 2.24) is 0 Å². The van der Waals surface area contributed by atoms with Crippen molar-refractivity contribution in [2.45, 2.75) is 6.43 Å². The molecule has 1 aromatic rings. The molecular weight excluding hydrogens is 144 g/mol. The van der Waals surface area contributed by atoms with Gasteiger partial charge in [-0.1, -0.05) is 0 Å². The third kappa shape index (κ3) is 1.18. The number of rotatable bonds is 1. The Morgan fingerprint density at radius 1 is 1.44 bits per heavy atom. The van der Waals surface area contributed by atoms with Crippen molar-refractivity contribution in [3.8, 4) is 0 Å². The minimum atomic E-state index is -2.43. The molecule has 0 aliphatic heterocycles. The molecule has 0 radical (unpaired) electrons. The average molecular weight is 149 g/mol. The van der Waals surface area contributed by atoms with E-state index in [2.05, 4.69) is 0 Å². The number of hydrogen-bond acceptors (Lipinski definition) is 2. The molecule has 0 bridgehead atoms. The van der Waals surface area contributed by atoms with Crippen molar-refractivity contribution in [3.05, 3.63) is 16.3 Å². The van der Waals surface area contributed by atoms with E-state index in [0.717, 1.165) is 0 Å². The first kappa shape index (κ1) is 6.48. The van der Waals surface area contributed by atoms with Gasteiger partial charge in [-0.25, -0.2) is 8.78 Å². The maximum Gasteiger partial charge on any atom is 0.266 e. The van der Waals surface area contributed by atoms with E-state index in [9.17, 15) is 8.78 Å². The Labute approximate surface area is 55.1 Å². The number of hydrogen-bond donors (Lipinski definition) is 1. The molecular formula is C5H5F2NS. The summed E-state index contributed by atoms with van der Waals surface area (Å²) < 4.78 is 23.6. The van der Waals surface area contributed by atoms with Crippen LogP contribution >= 0.6 is 11.3 Å². The van der Waals surface area contributed by atoms with Gasteiger partial charge in [0.15, 0.2) is 0 Å². The van der Waals surface area contributed by atoms with E-state index in [1.807, 2.05) is 0 Å². The van der Waals surface area contributed by atoms with Crippen molar-refractivity contribution >= 4 is 17.0 Å². The smallest absolute Gasteiger partial charge is 0.266 e. The summed E-state index contributed by atoms with van der Waals surface area (Å²) in [4.78, 5) is 0. The van der Waals surface area contributed by atoms with Crippen LogP contribution in [0.15, 0.2) is 10.8 Å². The third-order valence-electron chi connectivity index (χ3n) is 0.958. The topological polar surface area (TPSA) is 26.0 Å². The molecule has 4 heteroatoms. The molecule has 0 fully saturated rings. The second-order valence-corrected chi connectivity index (χ2v) is 2.33. The zero-order valence-corrected chi connectivity index (χ0v) is 5.29. The maximum atomic E-state index is 11.8. The summed E-state index contributed by atoms with van der Waals surface area (Å²) in [6.45, 7) is 0. The summed E-state index contributed by atoms with van der Waals surface area (Å²) >= 11 is 1.19. The van der Waals surface area contributed by atoms with Crippen LogP contribution in [-0.2, 0) is 0 Å². The standard InChI is InChI=1S/C5H5F2NS/c6-5(7)3-1-9-2-4(3)8/h1-2,5H,8H2. The van der Waals surface area contributed by atoms with E-state index in [-0.39, 0.29) is 11.3 Å². The van der Waals surface area contributed by atoms with Crippen LogP contribution in [0, 0.1) is 0 Å². The number of halogens is 2. The summed E-state index contributed by atoms with van der Waals surface area (Å²) in [5.41, 5.74) is 5.31. The van der Waals surface area contributed by atoms with Crippen molar-refractivity contribution < 1.29 is 8.78 Å². The average Bonchev–Trinajstić information content (AvgIpc) is 2.13. The first-order valence-electron chi connectivity index (χ1n) is 2.31. The zero-order chi connectivity index (χ0) is 6.85. The van der Waals surface area contributed by atoms with Gasteiger partial charge in [-0.05, 0) is 0 Å². The lowest BCUT2D eigenvalue weighted by Gasteiger charge is -1.93. The highest BCUT2D eigenvalue weighted by Crippen LogP contribution is 2.27. The molecule has 0 aliphatic carbocycles. The molecule has 1 aromatic heterocycles. The van der Waals surface area contributed by atoms with E-state index in [0.29, 0.717) is 0 Å². The summed E-state index contributed by atoms with van der Waals surface area (Å²) in [7, 11) is 0.